The normalized spacial score (nSPS) is 15.9. The number of piperazine rings is 1. The molecule has 9 heteroatoms. The van der Waals surface area contributed by atoms with Gasteiger partial charge in [0, 0.05) is 19.2 Å². The molecule has 0 saturated carbocycles. The quantitative estimate of drug-likeness (QED) is 0.622. The minimum atomic E-state index is -0.982. The number of carbonyl (C=O) groups excluding carboxylic acids is 2. The van der Waals surface area contributed by atoms with Gasteiger partial charge >= 0.3 is 0 Å². The standard InChI is InChI=1S/C24H27ClFN5O2/c1-13(2)10-18-21-19(31(29-18)15-6-7-16(25)17(26)12-15)11-14(3)20(28-21)22(32)30-9-8-27-23(33)24(30,4)5/h6-7,11-13H,8-10H2,1-5H3,(H,27,33). The molecule has 0 bridgehead atoms. The van der Waals surface area contributed by atoms with Crippen LogP contribution in [-0.4, -0.2) is 50.1 Å². The van der Waals surface area contributed by atoms with Crippen molar-refractivity contribution >= 4 is 34.4 Å². The third-order valence-corrected chi connectivity index (χ3v) is 6.27. The maximum atomic E-state index is 14.2. The van der Waals surface area contributed by atoms with Crippen molar-refractivity contribution < 1.29 is 14.0 Å². The van der Waals surface area contributed by atoms with E-state index in [1.807, 2.05) is 6.07 Å². The van der Waals surface area contributed by atoms with Crippen molar-refractivity contribution in [2.24, 2.45) is 5.92 Å². The molecule has 3 aromatic rings. The van der Waals surface area contributed by atoms with Crippen molar-refractivity contribution in [3.05, 3.63) is 52.1 Å². The molecule has 2 aromatic heterocycles. The minimum absolute atomic E-state index is 0.0352. The Kier molecular flexibility index (Phi) is 5.90. The van der Waals surface area contributed by atoms with Crippen LogP contribution in [0.15, 0.2) is 24.3 Å². The SMILES string of the molecule is Cc1cc2c(nc1C(=O)N1CCNC(=O)C1(C)C)c(CC(C)C)nn2-c1ccc(Cl)c(F)c1. The number of amides is 2. The van der Waals surface area contributed by atoms with Crippen LogP contribution in [0.5, 0.6) is 0 Å². The lowest BCUT2D eigenvalue weighted by Gasteiger charge is -2.41. The zero-order chi connectivity index (χ0) is 24.1. The maximum Gasteiger partial charge on any atom is 0.273 e. The van der Waals surface area contributed by atoms with E-state index < -0.39 is 11.4 Å². The largest absolute Gasteiger partial charge is 0.352 e. The Bertz CT molecular complexity index is 1270. The Morgan fingerprint density at radius 3 is 2.70 bits per heavy atom. The predicted molar refractivity (Wildman–Crippen MR) is 125 cm³/mol. The lowest BCUT2D eigenvalue weighted by Crippen LogP contribution is -2.63. The van der Waals surface area contributed by atoms with Crippen LogP contribution in [0.4, 0.5) is 4.39 Å². The smallest absolute Gasteiger partial charge is 0.273 e. The Hall–Kier alpha value is -3.00. The molecule has 4 rings (SSSR count). The molecule has 1 aromatic carbocycles. The van der Waals surface area contributed by atoms with Crippen LogP contribution < -0.4 is 5.32 Å². The summed E-state index contributed by atoms with van der Waals surface area (Å²) in [6.07, 6.45) is 0.640. The second-order valence-electron chi connectivity index (χ2n) is 9.35. The summed E-state index contributed by atoms with van der Waals surface area (Å²) in [5.74, 6) is -0.732. The fourth-order valence-corrected chi connectivity index (χ4v) is 4.25. The van der Waals surface area contributed by atoms with E-state index in [-0.39, 0.29) is 22.5 Å². The molecule has 1 N–H and O–H groups in total. The van der Waals surface area contributed by atoms with Gasteiger partial charge in [-0.05, 0) is 56.9 Å². The Balaban J connectivity index is 1.87. The highest BCUT2D eigenvalue weighted by molar-refractivity contribution is 6.30. The summed E-state index contributed by atoms with van der Waals surface area (Å²) in [5, 5.41) is 7.56. The minimum Gasteiger partial charge on any atom is -0.352 e. The highest BCUT2D eigenvalue weighted by Crippen LogP contribution is 2.28. The number of carbonyl (C=O) groups is 2. The summed E-state index contributed by atoms with van der Waals surface area (Å²) in [4.78, 5) is 32.2. The van der Waals surface area contributed by atoms with Gasteiger partial charge in [0.25, 0.3) is 5.91 Å². The van der Waals surface area contributed by atoms with Gasteiger partial charge in [0.15, 0.2) is 0 Å². The van der Waals surface area contributed by atoms with E-state index in [1.54, 1.807) is 36.4 Å². The lowest BCUT2D eigenvalue weighted by atomic mass is 9.97. The van der Waals surface area contributed by atoms with Crippen LogP contribution in [0.2, 0.25) is 5.02 Å². The van der Waals surface area contributed by atoms with Crippen LogP contribution in [-0.2, 0) is 11.2 Å². The number of hydrogen-bond acceptors (Lipinski definition) is 4. The highest BCUT2D eigenvalue weighted by Gasteiger charge is 2.41. The van der Waals surface area contributed by atoms with E-state index in [2.05, 4.69) is 19.2 Å². The van der Waals surface area contributed by atoms with Gasteiger partial charge in [-0.3, -0.25) is 9.59 Å². The van der Waals surface area contributed by atoms with E-state index in [1.165, 1.54) is 12.1 Å². The predicted octanol–water partition coefficient (Wildman–Crippen LogP) is 4.07. The first kappa shape index (κ1) is 23.2. The summed E-state index contributed by atoms with van der Waals surface area (Å²) < 4.78 is 15.8. The van der Waals surface area contributed by atoms with Crippen LogP contribution in [0, 0.1) is 18.7 Å². The molecular formula is C24H27ClFN5O2. The fraction of sp³-hybridized carbons (Fsp3) is 0.417. The second-order valence-corrected chi connectivity index (χ2v) is 9.76. The van der Waals surface area contributed by atoms with Crippen molar-refractivity contribution in [2.45, 2.75) is 46.6 Å². The van der Waals surface area contributed by atoms with Crippen molar-refractivity contribution in [3.63, 3.8) is 0 Å². The number of benzene rings is 1. The Morgan fingerprint density at radius 1 is 1.30 bits per heavy atom. The lowest BCUT2D eigenvalue weighted by molar-refractivity contribution is -0.133. The molecular weight excluding hydrogens is 445 g/mol. The number of pyridine rings is 1. The topological polar surface area (TPSA) is 80.1 Å². The number of halogens is 2. The zero-order valence-electron chi connectivity index (χ0n) is 19.4. The number of aromatic nitrogens is 3. The fourth-order valence-electron chi connectivity index (χ4n) is 4.13. The molecule has 1 saturated heterocycles. The van der Waals surface area contributed by atoms with Crippen LogP contribution in [0.25, 0.3) is 16.7 Å². The van der Waals surface area contributed by atoms with Crippen LogP contribution >= 0.6 is 11.6 Å². The van der Waals surface area contributed by atoms with Gasteiger partial charge in [-0.15, -0.1) is 0 Å². The van der Waals surface area contributed by atoms with E-state index >= 15 is 0 Å². The maximum absolute atomic E-state index is 14.2. The number of aryl methyl sites for hydroxylation is 1. The van der Waals surface area contributed by atoms with E-state index in [0.717, 1.165) is 5.69 Å². The summed E-state index contributed by atoms with van der Waals surface area (Å²) in [6, 6.07) is 6.36. The third kappa shape index (κ3) is 4.08. The van der Waals surface area contributed by atoms with Crippen molar-refractivity contribution in [1.29, 1.82) is 0 Å². The van der Waals surface area contributed by atoms with Gasteiger partial charge in [-0.25, -0.2) is 14.1 Å². The zero-order valence-corrected chi connectivity index (χ0v) is 20.1. The van der Waals surface area contributed by atoms with Gasteiger partial charge in [-0.2, -0.15) is 5.10 Å². The molecule has 0 aliphatic carbocycles. The number of nitrogens with zero attached hydrogens (tertiary/aromatic N) is 4. The van der Waals surface area contributed by atoms with Gasteiger partial charge in [0.05, 0.1) is 21.9 Å². The monoisotopic (exact) mass is 471 g/mol. The average molecular weight is 472 g/mol. The van der Waals surface area contributed by atoms with Crippen molar-refractivity contribution in [1.82, 2.24) is 25.0 Å². The first-order valence-electron chi connectivity index (χ1n) is 11.0. The van der Waals surface area contributed by atoms with Gasteiger partial charge in [-0.1, -0.05) is 25.4 Å². The molecule has 0 atom stereocenters. The summed E-state index contributed by atoms with van der Waals surface area (Å²) in [7, 11) is 0. The van der Waals surface area contributed by atoms with Crippen molar-refractivity contribution in [3.8, 4) is 5.69 Å². The number of rotatable bonds is 4. The van der Waals surface area contributed by atoms with E-state index in [9.17, 15) is 14.0 Å². The summed E-state index contributed by atoms with van der Waals surface area (Å²) >= 11 is 5.86. The van der Waals surface area contributed by atoms with Crippen LogP contribution in [0.3, 0.4) is 0 Å². The molecule has 7 nitrogen and oxygen atoms in total. The molecule has 33 heavy (non-hydrogen) atoms. The Labute approximate surface area is 196 Å². The van der Waals surface area contributed by atoms with E-state index in [0.29, 0.717) is 47.7 Å². The molecule has 0 unspecified atom stereocenters. The second kappa shape index (κ2) is 8.41. The highest BCUT2D eigenvalue weighted by atomic mass is 35.5. The molecule has 0 radical (unpaired) electrons. The summed E-state index contributed by atoms with van der Waals surface area (Å²) in [6.45, 7) is 10.2. The molecule has 0 spiro atoms. The molecule has 2 amide bonds. The molecule has 174 valence electrons. The third-order valence-electron chi connectivity index (χ3n) is 5.96. The first-order valence-corrected chi connectivity index (χ1v) is 11.3. The van der Waals surface area contributed by atoms with Gasteiger partial charge in [0.2, 0.25) is 5.91 Å². The summed E-state index contributed by atoms with van der Waals surface area (Å²) in [5.41, 5.74) is 2.47. The first-order chi connectivity index (χ1) is 15.5. The van der Waals surface area contributed by atoms with Gasteiger partial charge < -0.3 is 10.2 Å². The average Bonchev–Trinajstić information content (AvgIpc) is 3.07. The number of hydrogen-bond donors (Lipinski definition) is 1. The van der Waals surface area contributed by atoms with Crippen molar-refractivity contribution in [2.75, 3.05) is 13.1 Å². The molecule has 1 aliphatic rings. The molecule has 1 aliphatic heterocycles. The Morgan fingerprint density at radius 2 is 2.03 bits per heavy atom. The van der Waals surface area contributed by atoms with Gasteiger partial charge in [0.1, 0.15) is 22.6 Å². The molecule has 1 fully saturated rings. The molecule has 3 heterocycles. The number of fused-ring (bicyclic) bond motifs is 1. The van der Waals surface area contributed by atoms with Crippen LogP contribution in [0.1, 0.15) is 49.4 Å². The number of nitrogens with one attached hydrogen (secondary N) is 1. The van der Waals surface area contributed by atoms with E-state index in [4.69, 9.17) is 21.7 Å².